The van der Waals surface area contributed by atoms with Gasteiger partial charge in [-0.05, 0) is 50.1 Å². The molecule has 0 spiro atoms. The van der Waals surface area contributed by atoms with E-state index in [0.29, 0.717) is 6.54 Å². The first-order valence-corrected chi connectivity index (χ1v) is 6.88. The number of benzene rings is 1. The number of hydrogen-bond donors (Lipinski definition) is 1. The smallest absolute Gasteiger partial charge is 0.0741 e. The number of pyridine rings is 1. The predicted molar refractivity (Wildman–Crippen MR) is 83.2 cm³/mol. The first-order chi connectivity index (χ1) is 9.04. The van der Waals surface area contributed by atoms with Crippen LogP contribution in [-0.2, 0) is 6.42 Å². The Balaban J connectivity index is 2.69. The van der Waals surface area contributed by atoms with Crippen molar-refractivity contribution >= 4 is 28.2 Å². The summed E-state index contributed by atoms with van der Waals surface area (Å²) in [4.78, 5) is 6.83. The lowest BCUT2D eigenvalue weighted by molar-refractivity contribution is 0.820. The van der Waals surface area contributed by atoms with Gasteiger partial charge in [-0.15, -0.1) is 0 Å². The van der Waals surface area contributed by atoms with Crippen LogP contribution in [0.4, 0.5) is 5.69 Å². The van der Waals surface area contributed by atoms with Gasteiger partial charge in [-0.2, -0.15) is 0 Å². The molecule has 0 aliphatic carbocycles. The van der Waals surface area contributed by atoms with Crippen LogP contribution in [0.25, 0.3) is 10.9 Å². The highest BCUT2D eigenvalue weighted by molar-refractivity contribution is 6.31. The zero-order chi connectivity index (χ0) is 14.0. The maximum atomic E-state index is 6.06. The highest BCUT2D eigenvalue weighted by Crippen LogP contribution is 2.32. The molecule has 0 unspecified atom stereocenters. The summed E-state index contributed by atoms with van der Waals surface area (Å²) in [5, 5.41) is 1.87. The molecule has 0 atom stereocenters. The van der Waals surface area contributed by atoms with Crippen LogP contribution in [0.5, 0.6) is 0 Å². The zero-order valence-corrected chi connectivity index (χ0v) is 12.5. The second-order valence-corrected chi connectivity index (χ2v) is 5.41. The summed E-state index contributed by atoms with van der Waals surface area (Å²) < 4.78 is 0. The SMILES string of the molecule is Cc1nc2cc(Cl)ccc2c(N(C)C)c1CCCN. The van der Waals surface area contributed by atoms with E-state index in [1.54, 1.807) is 0 Å². The van der Waals surface area contributed by atoms with Gasteiger partial charge in [-0.3, -0.25) is 4.98 Å². The van der Waals surface area contributed by atoms with Gasteiger partial charge in [0.05, 0.1) is 11.2 Å². The van der Waals surface area contributed by atoms with Crippen LogP contribution >= 0.6 is 11.6 Å². The van der Waals surface area contributed by atoms with Gasteiger partial charge in [0.1, 0.15) is 0 Å². The standard InChI is InChI=1S/C15H20ClN3/c1-10-12(5-4-8-17)15(19(2)3)13-7-6-11(16)9-14(13)18-10/h6-7,9H,4-5,8,17H2,1-3H3. The number of fused-ring (bicyclic) bond motifs is 1. The van der Waals surface area contributed by atoms with E-state index in [2.05, 4.69) is 30.9 Å². The summed E-state index contributed by atoms with van der Waals surface area (Å²) >= 11 is 6.06. The van der Waals surface area contributed by atoms with Crippen molar-refractivity contribution in [1.29, 1.82) is 0 Å². The van der Waals surface area contributed by atoms with Crippen LogP contribution in [0.3, 0.4) is 0 Å². The first kappa shape index (κ1) is 14.1. The molecule has 0 saturated heterocycles. The van der Waals surface area contributed by atoms with Crippen molar-refractivity contribution in [2.75, 3.05) is 25.5 Å². The third-order valence-electron chi connectivity index (χ3n) is 3.30. The Hall–Kier alpha value is -1.32. The fourth-order valence-electron chi connectivity index (χ4n) is 2.47. The Morgan fingerprint density at radius 1 is 1.32 bits per heavy atom. The lowest BCUT2D eigenvalue weighted by atomic mass is 10.0. The van der Waals surface area contributed by atoms with Gasteiger partial charge in [-0.25, -0.2) is 0 Å². The molecule has 1 aromatic heterocycles. The molecule has 0 amide bonds. The first-order valence-electron chi connectivity index (χ1n) is 6.50. The molecule has 2 N–H and O–H groups in total. The zero-order valence-electron chi connectivity index (χ0n) is 11.7. The highest BCUT2D eigenvalue weighted by Gasteiger charge is 2.14. The normalized spacial score (nSPS) is 11.0. The number of nitrogens with zero attached hydrogens (tertiary/aromatic N) is 2. The molecule has 0 aliphatic heterocycles. The van der Waals surface area contributed by atoms with Crippen LogP contribution in [0.15, 0.2) is 18.2 Å². The van der Waals surface area contributed by atoms with Crippen molar-refractivity contribution in [2.24, 2.45) is 5.73 Å². The van der Waals surface area contributed by atoms with Gasteiger partial charge >= 0.3 is 0 Å². The van der Waals surface area contributed by atoms with Gasteiger partial charge in [0, 0.05) is 30.2 Å². The number of anilines is 1. The molecule has 0 radical (unpaired) electrons. The Bertz CT molecular complexity index is 593. The molecular weight excluding hydrogens is 258 g/mol. The van der Waals surface area contributed by atoms with Crippen molar-refractivity contribution in [3.63, 3.8) is 0 Å². The number of aromatic nitrogens is 1. The number of aryl methyl sites for hydroxylation is 1. The van der Waals surface area contributed by atoms with Crippen LogP contribution in [0.2, 0.25) is 5.02 Å². The second-order valence-electron chi connectivity index (χ2n) is 4.97. The summed E-state index contributed by atoms with van der Waals surface area (Å²) in [6, 6.07) is 5.88. The van der Waals surface area contributed by atoms with Crippen molar-refractivity contribution in [3.8, 4) is 0 Å². The predicted octanol–water partition coefficient (Wildman–Crippen LogP) is 3.15. The molecule has 4 heteroatoms. The molecule has 1 aromatic carbocycles. The number of rotatable bonds is 4. The Morgan fingerprint density at radius 3 is 2.68 bits per heavy atom. The van der Waals surface area contributed by atoms with Crippen LogP contribution in [0.1, 0.15) is 17.7 Å². The number of halogens is 1. The third kappa shape index (κ3) is 2.82. The van der Waals surface area contributed by atoms with Crippen LogP contribution < -0.4 is 10.6 Å². The fourth-order valence-corrected chi connectivity index (χ4v) is 2.63. The monoisotopic (exact) mass is 277 g/mol. The molecule has 0 bridgehead atoms. The topological polar surface area (TPSA) is 42.2 Å². The maximum absolute atomic E-state index is 6.06. The van der Waals surface area contributed by atoms with E-state index in [4.69, 9.17) is 17.3 Å². The number of hydrogen-bond acceptors (Lipinski definition) is 3. The van der Waals surface area contributed by atoms with E-state index in [0.717, 1.165) is 34.5 Å². The van der Waals surface area contributed by atoms with E-state index in [-0.39, 0.29) is 0 Å². The van der Waals surface area contributed by atoms with Gasteiger partial charge in [0.15, 0.2) is 0 Å². The van der Waals surface area contributed by atoms with E-state index in [1.807, 2.05) is 18.2 Å². The van der Waals surface area contributed by atoms with Crippen molar-refractivity contribution in [2.45, 2.75) is 19.8 Å². The Kier molecular flexibility index (Phi) is 4.27. The number of nitrogens with two attached hydrogens (primary N) is 1. The lowest BCUT2D eigenvalue weighted by Gasteiger charge is -2.21. The second kappa shape index (κ2) is 5.76. The van der Waals surface area contributed by atoms with Crippen molar-refractivity contribution in [1.82, 2.24) is 4.98 Å². The summed E-state index contributed by atoms with van der Waals surface area (Å²) in [6.07, 6.45) is 1.93. The molecule has 2 rings (SSSR count). The third-order valence-corrected chi connectivity index (χ3v) is 3.54. The molecule has 102 valence electrons. The minimum Gasteiger partial charge on any atom is -0.377 e. The highest BCUT2D eigenvalue weighted by atomic mass is 35.5. The minimum absolute atomic E-state index is 0.699. The molecule has 1 heterocycles. The minimum atomic E-state index is 0.699. The average Bonchev–Trinajstić information content (AvgIpc) is 2.35. The van der Waals surface area contributed by atoms with E-state index < -0.39 is 0 Å². The lowest BCUT2D eigenvalue weighted by Crippen LogP contribution is -2.14. The summed E-state index contributed by atoms with van der Waals surface area (Å²) in [5.74, 6) is 0. The van der Waals surface area contributed by atoms with E-state index >= 15 is 0 Å². The molecule has 2 aromatic rings. The average molecular weight is 278 g/mol. The van der Waals surface area contributed by atoms with Crippen LogP contribution in [0, 0.1) is 6.92 Å². The quantitative estimate of drug-likeness (QED) is 0.933. The van der Waals surface area contributed by atoms with E-state index in [1.165, 1.54) is 11.3 Å². The van der Waals surface area contributed by atoms with Gasteiger partial charge in [-0.1, -0.05) is 11.6 Å². The Labute approximate surface area is 119 Å². The molecular formula is C15H20ClN3. The molecule has 19 heavy (non-hydrogen) atoms. The van der Waals surface area contributed by atoms with Gasteiger partial charge in [0.2, 0.25) is 0 Å². The van der Waals surface area contributed by atoms with E-state index in [9.17, 15) is 0 Å². The Morgan fingerprint density at radius 2 is 2.05 bits per heavy atom. The van der Waals surface area contributed by atoms with Gasteiger partial charge < -0.3 is 10.6 Å². The summed E-state index contributed by atoms with van der Waals surface area (Å²) in [6.45, 7) is 2.75. The molecule has 3 nitrogen and oxygen atoms in total. The van der Waals surface area contributed by atoms with Crippen molar-refractivity contribution in [3.05, 3.63) is 34.5 Å². The van der Waals surface area contributed by atoms with Crippen molar-refractivity contribution < 1.29 is 0 Å². The summed E-state index contributed by atoms with van der Waals surface area (Å²) in [5.41, 5.74) is 10.2. The molecule has 0 saturated carbocycles. The van der Waals surface area contributed by atoms with Crippen LogP contribution in [-0.4, -0.2) is 25.6 Å². The largest absolute Gasteiger partial charge is 0.377 e. The molecule has 0 fully saturated rings. The molecule has 0 aliphatic rings. The summed E-state index contributed by atoms with van der Waals surface area (Å²) in [7, 11) is 4.13. The van der Waals surface area contributed by atoms with Gasteiger partial charge in [0.25, 0.3) is 0 Å². The maximum Gasteiger partial charge on any atom is 0.0741 e. The fraction of sp³-hybridized carbons (Fsp3) is 0.400.